The van der Waals surface area contributed by atoms with Gasteiger partial charge in [-0.25, -0.2) is 9.59 Å². The van der Waals surface area contributed by atoms with Crippen molar-refractivity contribution < 1.29 is 52.6 Å². The first-order chi connectivity index (χ1) is 34.0. The number of nitrogens with one attached hydrogen (secondary N) is 6. The lowest BCUT2D eigenvalue weighted by Gasteiger charge is -2.33. The number of carbonyl (C=O) groups is 8. The average molecular weight is 973 g/mol. The topological polar surface area (TPSA) is 236 Å². The number of hydrogen-bond acceptors (Lipinski definition) is 11. The molecule has 1 aliphatic carbocycles. The summed E-state index contributed by atoms with van der Waals surface area (Å²) in [5.41, 5.74) is 1.60. The molecule has 6 N–H and O–H groups in total. The van der Waals surface area contributed by atoms with Crippen molar-refractivity contribution in [1.29, 1.82) is 0 Å². The second-order valence-corrected chi connectivity index (χ2v) is 18.8. The number of Topliss-reactive ketones (excluding diaryl/α,β-unsaturated/α-hetero) is 1. The van der Waals surface area contributed by atoms with Crippen molar-refractivity contribution in [2.75, 3.05) is 6.54 Å². The molecule has 17 nitrogen and oxygen atoms in total. The standard InChI is InChI=1S/C54H64N6O11/c1-5-16-41(47(62)51(66)55-32-44(61)59-46(38-22-13-8-14-23-38)52(67)69-33-35-17-9-6-10-18-35)56-48(63)42-31-36-19-15-24-40(29-36)70-39-27-25-34(26-28-39)30-43(58-53(68)71-54(2,3)4)49(64)60-45(50(65)57-42)37-20-11-7-12-21-37/h6,8-10,13-15,17-19,22-29,37,41-43,45-46H,5,7,11-12,16,20-21,30-33H2,1-4H3,(H,55,66)(H,56,63)(H,57,65)(H,58,68)(H,59,61)(H,60,64). The third-order valence-electron chi connectivity index (χ3n) is 12.0. The first-order valence-corrected chi connectivity index (χ1v) is 24.2. The molecule has 17 heteroatoms. The average Bonchev–Trinajstić information content (AvgIpc) is 3.35. The van der Waals surface area contributed by atoms with Crippen LogP contribution in [-0.2, 0) is 62.5 Å². The Kier molecular flexibility index (Phi) is 18.8. The maximum absolute atomic E-state index is 14.6. The van der Waals surface area contributed by atoms with E-state index in [1.165, 1.54) is 0 Å². The van der Waals surface area contributed by atoms with Gasteiger partial charge in [0.1, 0.15) is 41.8 Å². The van der Waals surface area contributed by atoms with E-state index in [1.807, 2.05) is 6.07 Å². The number of alkyl carbamates (subject to hydrolysis) is 1. The molecule has 0 saturated heterocycles. The van der Waals surface area contributed by atoms with Crippen LogP contribution in [0.5, 0.6) is 11.5 Å². The first kappa shape index (κ1) is 52.8. The Bertz CT molecular complexity index is 2490. The van der Waals surface area contributed by atoms with Crippen LogP contribution < -0.4 is 36.6 Å². The minimum absolute atomic E-state index is 0.0307. The molecular weight excluding hydrogens is 909 g/mol. The predicted molar refractivity (Wildman–Crippen MR) is 262 cm³/mol. The van der Waals surface area contributed by atoms with E-state index in [9.17, 15) is 38.4 Å². The van der Waals surface area contributed by atoms with Gasteiger partial charge in [0.25, 0.3) is 5.91 Å². The molecule has 3 aliphatic rings. The number of carbonyl (C=O) groups excluding carboxylic acids is 8. The summed E-state index contributed by atoms with van der Waals surface area (Å²) in [6.45, 7) is 6.14. The molecule has 7 rings (SSSR count). The second kappa shape index (κ2) is 25.3. The van der Waals surface area contributed by atoms with Crippen LogP contribution in [0, 0.1) is 5.92 Å². The van der Waals surface area contributed by atoms with E-state index in [0.29, 0.717) is 47.5 Å². The minimum Gasteiger partial charge on any atom is -0.459 e. The zero-order valence-electron chi connectivity index (χ0n) is 40.6. The first-order valence-electron chi connectivity index (χ1n) is 24.2. The van der Waals surface area contributed by atoms with Crippen molar-refractivity contribution in [2.45, 2.75) is 128 Å². The van der Waals surface area contributed by atoms with Gasteiger partial charge >= 0.3 is 12.1 Å². The number of rotatable bonds is 15. The quantitative estimate of drug-likeness (QED) is 0.0635. The maximum atomic E-state index is 14.6. The van der Waals surface area contributed by atoms with E-state index in [0.717, 1.165) is 24.8 Å². The molecule has 1 saturated carbocycles. The van der Waals surface area contributed by atoms with Gasteiger partial charge in [0, 0.05) is 12.8 Å². The summed E-state index contributed by atoms with van der Waals surface area (Å²) < 4.78 is 17.2. The molecule has 0 radical (unpaired) electrons. The van der Waals surface area contributed by atoms with Gasteiger partial charge in [-0.05, 0) is 92.5 Å². The van der Waals surface area contributed by atoms with Crippen molar-refractivity contribution in [3.05, 3.63) is 131 Å². The molecule has 6 amide bonds. The molecule has 1 fully saturated rings. The Balaban J connectivity index is 1.20. The van der Waals surface area contributed by atoms with Crippen LogP contribution in [0.4, 0.5) is 4.79 Å². The highest BCUT2D eigenvalue weighted by atomic mass is 16.6. The van der Waals surface area contributed by atoms with Gasteiger partial charge in [0.05, 0.1) is 12.6 Å². The molecule has 2 aliphatic heterocycles. The number of ether oxygens (including phenoxy) is 3. The lowest BCUT2D eigenvalue weighted by Crippen LogP contribution is -2.60. The third-order valence-corrected chi connectivity index (χ3v) is 12.0. The number of esters is 1. The molecule has 4 aromatic carbocycles. The summed E-state index contributed by atoms with van der Waals surface area (Å²) in [5, 5.41) is 16.1. The van der Waals surface area contributed by atoms with E-state index in [4.69, 9.17) is 14.2 Å². The molecule has 4 aromatic rings. The molecule has 376 valence electrons. The number of amides is 6. The maximum Gasteiger partial charge on any atom is 0.408 e. The van der Waals surface area contributed by atoms with E-state index >= 15 is 0 Å². The van der Waals surface area contributed by atoms with Crippen LogP contribution in [0.3, 0.4) is 0 Å². The van der Waals surface area contributed by atoms with Crippen molar-refractivity contribution in [2.24, 2.45) is 5.92 Å². The number of hydrogen-bond donors (Lipinski definition) is 6. The van der Waals surface area contributed by atoms with Gasteiger partial charge in [0.2, 0.25) is 29.4 Å². The summed E-state index contributed by atoms with van der Waals surface area (Å²) in [7, 11) is 0. The van der Waals surface area contributed by atoms with Gasteiger partial charge in [-0.1, -0.05) is 118 Å². The highest BCUT2D eigenvalue weighted by molar-refractivity contribution is 6.38. The van der Waals surface area contributed by atoms with Gasteiger partial charge in [0.15, 0.2) is 6.04 Å². The Labute approximate surface area is 413 Å². The molecule has 4 bridgehead atoms. The lowest BCUT2D eigenvalue weighted by molar-refractivity contribution is -0.149. The smallest absolute Gasteiger partial charge is 0.408 e. The SMILES string of the molecule is CCCC(NC(=O)C1Cc2cccc(c2)Oc2ccc(cc2)CC(NC(=O)OC(C)(C)C)C(=O)NC(C2CCCCC2)C(=O)N1)C(=O)C(=O)NCC(=O)NC(C(=O)OCc1ccccc1)c1ccccc1. The summed E-state index contributed by atoms with van der Waals surface area (Å²) in [6, 6.07) is 25.2. The van der Waals surface area contributed by atoms with E-state index in [1.54, 1.807) is 131 Å². The fraction of sp³-hybridized carbons (Fsp3) is 0.407. The van der Waals surface area contributed by atoms with Crippen LogP contribution in [-0.4, -0.2) is 83.7 Å². The highest BCUT2D eigenvalue weighted by Gasteiger charge is 2.37. The van der Waals surface area contributed by atoms with Crippen LogP contribution >= 0.6 is 0 Å². The van der Waals surface area contributed by atoms with Crippen LogP contribution in [0.1, 0.15) is 101 Å². The van der Waals surface area contributed by atoms with Gasteiger partial charge in [-0.2, -0.15) is 0 Å². The lowest BCUT2D eigenvalue weighted by atomic mass is 9.83. The number of ketones is 1. The molecule has 2 heterocycles. The molecular formula is C54H64N6O11. The fourth-order valence-electron chi connectivity index (χ4n) is 8.47. The van der Waals surface area contributed by atoms with Crippen molar-refractivity contribution in [3.63, 3.8) is 0 Å². The number of fused-ring (bicyclic) bond motifs is 10. The van der Waals surface area contributed by atoms with Crippen LogP contribution in [0.2, 0.25) is 0 Å². The highest BCUT2D eigenvalue weighted by Crippen LogP contribution is 2.28. The van der Waals surface area contributed by atoms with Crippen molar-refractivity contribution >= 4 is 47.4 Å². The van der Waals surface area contributed by atoms with Crippen LogP contribution in [0.25, 0.3) is 0 Å². The number of benzene rings is 4. The minimum atomic E-state index is -1.37. The predicted octanol–water partition coefficient (Wildman–Crippen LogP) is 5.59. The monoisotopic (exact) mass is 972 g/mol. The molecule has 5 atom stereocenters. The zero-order chi connectivity index (χ0) is 50.9. The normalized spacial score (nSPS) is 18.4. The summed E-state index contributed by atoms with van der Waals surface area (Å²) in [4.78, 5) is 110. The third kappa shape index (κ3) is 16.3. The Morgan fingerprint density at radius 2 is 1.44 bits per heavy atom. The summed E-state index contributed by atoms with van der Waals surface area (Å²) in [5.74, 6) is -5.19. The molecule has 71 heavy (non-hydrogen) atoms. The molecule has 0 aromatic heterocycles. The van der Waals surface area contributed by atoms with Gasteiger partial charge in [-0.15, -0.1) is 0 Å². The summed E-state index contributed by atoms with van der Waals surface area (Å²) >= 11 is 0. The van der Waals surface area contributed by atoms with Crippen LogP contribution in [0.15, 0.2) is 109 Å². The Hall–Kier alpha value is -7.56. The van der Waals surface area contributed by atoms with E-state index in [2.05, 4.69) is 31.9 Å². The van der Waals surface area contributed by atoms with Gasteiger partial charge < -0.3 is 46.1 Å². The zero-order valence-corrected chi connectivity index (χ0v) is 40.6. The second-order valence-electron chi connectivity index (χ2n) is 18.8. The van der Waals surface area contributed by atoms with E-state index in [-0.39, 0.29) is 31.8 Å². The molecule has 5 unspecified atom stereocenters. The summed E-state index contributed by atoms with van der Waals surface area (Å²) in [6.07, 6.45) is 3.34. The Morgan fingerprint density at radius 1 is 0.746 bits per heavy atom. The largest absolute Gasteiger partial charge is 0.459 e. The van der Waals surface area contributed by atoms with Crippen molar-refractivity contribution in [3.8, 4) is 11.5 Å². The van der Waals surface area contributed by atoms with Gasteiger partial charge in [-0.3, -0.25) is 28.8 Å². The fourth-order valence-corrected chi connectivity index (χ4v) is 8.47. The van der Waals surface area contributed by atoms with E-state index < -0.39 is 89.7 Å². The Morgan fingerprint density at radius 3 is 2.11 bits per heavy atom. The molecule has 0 spiro atoms. The van der Waals surface area contributed by atoms with Crippen molar-refractivity contribution in [1.82, 2.24) is 31.9 Å².